The quantitative estimate of drug-likeness (QED) is 0.754. The van der Waals surface area contributed by atoms with Crippen molar-refractivity contribution in [1.82, 2.24) is 4.90 Å². The minimum absolute atomic E-state index is 0.00476. The number of hydrogen-bond acceptors (Lipinski definition) is 4. The molecule has 1 fully saturated rings. The highest BCUT2D eigenvalue weighted by Gasteiger charge is 2.14. The molecule has 2 aromatic rings. The minimum atomic E-state index is -0.00476. The van der Waals surface area contributed by atoms with Gasteiger partial charge in [-0.25, -0.2) is 0 Å². The van der Waals surface area contributed by atoms with Gasteiger partial charge in [-0.05, 0) is 69.6 Å². The Morgan fingerprint density at radius 3 is 2.50 bits per heavy atom. The fraction of sp³-hybridized carbons (Fsp3) is 0.435. The number of amides is 1. The van der Waals surface area contributed by atoms with Gasteiger partial charge in [0.2, 0.25) is 5.91 Å². The molecule has 5 heteroatoms. The number of nitrogens with one attached hydrogen (secondary N) is 1. The van der Waals surface area contributed by atoms with Crippen LogP contribution in [0.25, 0.3) is 0 Å². The van der Waals surface area contributed by atoms with E-state index in [1.54, 1.807) is 0 Å². The molecule has 0 aromatic heterocycles. The van der Waals surface area contributed by atoms with Gasteiger partial charge in [-0.2, -0.15) is 0 Å². The molecule has 0 bridgehead atoms. The summed E-state index contributed by atoms with van der Waals surface area (Å²) in [6, 6.07) is 14.3. The van der Waals surface area contributed by atoms with Crippen LogP contribution in [0.5, 0.6) is 5.75 Å². The Balaban J connectivity index is 1.43. The molecule has 5 nitrogen and oxygen atoms in total. The van der Waals surface area contributed by atoms with E-state index < -0.39 is 0 Å². The minimum Gasteiger partial charge on any atom is -0.492 e. The van der Waals surface area contributed by atoms with Crippen molar-refractivity contribution in [2.45, 2.75) is 26.7 Å². The molecule has 0 spiro atoms. The number of ether oxygens (including phenoxy) is 1. The second-order valence-electron chi connectivity index (χ2n) is 7.64. The van der Waals surface area contributed by atoms with E-state index in [2.05, 4.69) is 29.3 Å². The highest BCUT2D eigenvalue weighted by atomic mass is 16.5. The molecule has 0 atom stereocenters. The summed E-state index contributed by atoms with van der Waals surface area (Å²) < 4.78 is 5.73. The fourth-order valence-corrected chi connectivity index (χ4v) is 3.43. The molecule has 1 heterocycles. The maximum atomic E-state index is 12.4. The summed E-state index contributed by atoms with van der Waals surface area (Å²) in [6.07, 6.45) is 2.52. The van der Waals surface area contributed by atoms with Crippen molar-refractivity contribution in [1.29, 1.82) is 0 Å². The zero-order valence-corrected chi connectivity index (χ0v) is 17.2. The van der Waals surface area contributed by atoms with Crippen LogP contribution in [0.2, 0.25) is 0 Å². The molecule has 1 aliphatic rings. The van der Waals surface area contributed by atoms with E-state index in [-0.39, 0.29) is 5.91 Å². The van der Waals surface area contributed by atoms with Crippen LogP contribution >= 0.6 is 0 Å². The predicted octanol–water partition coefficient (Wildman–Crippen LogP) is 3.85. The molecular formula is C23H31N3O2. The molecule has 1 saturated heterocycles. The zero-order valence-electron chi connectivity index (χ0n) is 17.2. The van der Waals surface area contributed by atoms with E-state index in [9.17, 15) is 4.79 Å². The molecule has 0 aliphatic carbocycles. The first-order chi connectivity index (χ1) is 13.5. The van der Waals surface area contributed by atoms with Crippen LogP contribution in [-0.4, -0.2) is 50.6 Å². The number of anilines is 2. The van der Waals surface area contributed by atoms with Gasteiger partial charge >= 0.3 is 0 Å². The maximum absolute atomic E-state index is 12.4. The smallest absolute Gasteiger partial charge is 0.238 e. The van der Waals surface area contributed by atoms with Crippen molar-refractivity contribution in [2.24, 2.45) is 0 Å². The van der Waals surface area contributed by atoms with Gasteiger partial charge in [-0.1, -0.05) is 17.7 Å². The molecule has 3 rings (SSSR count). The fourth-order valence-electron chi connectivity index (χ4n) is 3.43. The normalized spacial score (nSPS) is 13.8. The summed E-state index contributed by atoms with van der Waals surface area (Å²) in [5.41, 5.74) is 4.45. The van der Waals surface area contributed by atoms with Gasteiger partial charge in [-0.15, -0.1) is 0 Å². The highest BCUT2D eigenvalue weighted by Crippen LogP contribution is 2.25. The van der Waals surface area contributed by atoms with Crippen molar-refractivity contribution in [3.05, 3.63) is 53.6 Å². The largest absolute Gasteiger partial charge is 0.492 e. The Labute approximate surface area is 168 Å². The van der Waals surface area contributed by atoms with E-state index in [4.69, 9.17) is 4.74 Å². The molecule has 0 radical (unpaired) electrons. The van der Waals surface area contributed by atoms with Crippen molar-refractivity contribution >= 4 is 17.3 Å². The summed E-state index contributed by atoms with van der Waals surface area (Å²) in [4.78, 5) is 16.8. The van der Waals surface area contributed by atoms with Crippen LogP contribution in [0.1, 0.15) is 24.0 Å². The SMILES string of the molecule is Cc1ccc(OCCN(C)CC(=O)Nc2ccc(N3CCCC3)cc2C)cc1. The number of carbonyl (C=O) groups excluding carboxylic acids is 1. The van der Waals surface area contributed by atoms with Crippen LogP contribution in [0.15, 0.2) is 42.5 Å². The molecule has 2 aromatic carbocycles. The van der Waals surface area contributed by atoms with Crippen molar-refractivity contribution < 1.29 is 9.53 Å². The molecule has 0 saturated carbocycles. The highest BCUT2D eigenvalue weighted by molar-refractivity contribution is 5.93. The number of likely N-dealkylation sites (N-methyl/N-ethyl adjacent to an activating group) is 1. The molecule has 28 heavy (non-hydrogen) atoms. The number of aryl methyl sites for hydroxylation is 2. The molecule has 1 N–H and O–H groups in total. The third-order valence-corrected chi connectivity index (χ3v) is 5.13. The maximum Gasteiger partial charge on any atom is 0.238 e. The van der Waals surface area contributed by atoms with Gasteiger partial charge in [0, 0.05) is 31.0 Å². The summed E-state index contributed by atoms with van der Waals surface area (Å²) >= 11 is 0. The summed E-state index contributed by atoms with van der Waals surface area (Å²) in [5, 5.41) is 3.03. The van der Waals surface area contributed by atoms with Crippen molar-refractivity contribution in [3.8, 4) is 5.75 Å². The van der Waals surface area contributed by atoms with Gasteiger partial charge in [0.1, 0.15) is 12.4 Å². The van der Waals surface area contributed by atoms with Crippen molar-refractivity contribution in [3.63, 3.8) is 0 Å². The van der Waals surface area contributed by atoms with Gasteiger partial charge in [-0.3, -0.25) is 9.69 Å². The number of nitrogens with zero attached hydrogens (tertiary/aromatic N) is 2. The topological polar surface area (TPSA) is 44.8 Å². The lowest BCUT2D eigenvalue weighted by molar-refractivity contribution is -0.117. The number of rotatable bonds is 8. The molecule has 0 unspecified atom stereocenters. The van der Waals surface area contributed by atoms with Gasteiger partial charge in [0.05, 0.1) is 6.54 Å². The summed E-state index contributed by atoms with van der Waals surface area (Å²) in [5.74, 6) is 0.854. The van der Waals surface area contributed by atoms with E-state index >= 15 is 0 Å². The lowest BCUT2D eigenvalue weighted by Gasteiger charge is -2.20. The van der Waals surface area contributed by atoms with Crippen LogP contribution in [0.3, 0.4) is 0 Å². The third-order valence-electron chi connectivity index (χ3n) is 5.13. The average molecular weight is 382 g/mol. The van der Waals surface area contributed by atoms with E-state index in [1.807, 2.05) is 49.2 Å². The standard InChI is InChI=1S/C23H31N3O2/c1-18-6-9-21(10-7-18)28-15-14-25(3)17-23(27)24-22-11-8-20(16-19(22)2)26-12-4-5-13-26/h6-11,16H,4-5,12-15,17H2,1-3H3,(H,24,27). The Morgan fingerprint density at radius 1 is 1.11 bits per heavy atom. The third kappa shape index (κ3) is 5.73. The van der Waals surface area contributed by atoms with Crippen LogP contribution < -0.4 is 15.0 Å². The van der Waals surface area contributed by atoms with E-state index in [1.165, 1.54) is 24.1 Å². The number of carbonyl (C=O) groups is 1. The lowest BCUT2D eigenvalue weighted by Crippen LogP contribution is -2.33. The second-order valence-corrected chi connectivity index (χ2v) is 7.64. The molecule has 1 amide bonds. The van der Waals surface area contributed by atoms with Gasteiger partial charge in [0.25, 0.3) is 0 Å². The lowest BCUT2D eigenvalue weighted by atomic mass is 10.1. The summed E-state index contributed by atoms with van der Waals surface area (Å²) in [6.45, 7) is 7.93. The molecule has 150 valence electrons. The Bertz CT molecular complexity index is 783. The molecule has 1 aliphatic heterocycles. The molecular weight excluding hydrogens is 350 g/mol. The van der Waals surface area contributed by atoms with Crippen LogP contribution in [-0.2, 0) is 4.79 Å². The van der Waals surface area contributed by atoms with Gasteiger partial charge in [0.15, 0.2) is 0 Å². The average Bonchev–Trinajstić information content (AvgIpc) is 3.20. The van der Waals surface area contributed by atoms with Crippen molar-refractivity contribution in [2.75, 3.05) is 50.1 Å². The zero-order chi connectivity index (χ0) is 19.9. The second kappa shape index (κ2) is 9.60. The first-order valence-corrected chi connectivity index (χ1v) is 10.0. The Hall–Kier alpha value is -2.53. The van der Waals surface area contributed by atoms with E-state index in [0.29, 0.717) is 19.7 Å². The van der Waals surface area contributed by atoms with Crippen LogP contribution in [0, 0.1) is 13.8 Å². The van der Waals surface area contributed by atoms with Crippen LogP contribution in [0.4, 0.5) is 11.4 Å². The Morgan fingerprint density at radius 2 is 1.82 bits per heavy atom. The summed E-state index contributed by atoms with van der Waals surface area (Å²) in [7, 11) is 1.93. The van der Waals surface area contributed by atoms with Gasteiger partial charge < -0.3 is 15.0 Å². The Kier molecular flexibility index (Phi) is 6.93. The first-order valence-electron chi connectivity index (χ1n) is 10.0. The number of benzene rings is 2. The van der Waals surface area contributed by atoms with E-state index in [0.717, 1.165) is 30.1 Å². The number of hydrogen-bond donors (Lipinski definition) is 1. The predicted molar refractivity (Wildman–Crippen MR) is 115 cm³/mol. The monoisotopic (exact) mass is 381 g/mol. The first kappa shape index (κ1) is 20.2.